The molecule has 1 rings (SSSR count). The van der Waals surface area contributed by atoms with Crippen LogP contribution in [-0.2, 0) is 0 Å². The average molecular weight is 218 g/mol. The molecule has 0 aliphatic carbocycles. The molecule has 0 atom stereocenters. The second kappa shape index (κ2) is 5.40. The lowest BCUT2D eigenvalue weighted by Gasteiger charge is -1.97. The molecule has 0 saturated carbocycles. The highest BCUT2D eigenvalue weighted by Gasteiger charge is 2.03. The molecule has 0 saturated heterocycles. The van der Waals surface area contributed by atoms with Crippen LogP contribution in [0.3, 0.4) is 0 Å². The van der Waals surface area contributed by atoms with E-state index in [2.05, 4.69) is 28.1 Å². The molecule has 1 heterocycles. The third-order valence-electron chi connectivity index (χ3n) is 1.53. The van der Waals surface area contributed by atoms with E-state index in [4.69, 9.17) is 0 Å². The molecule has 0 unspecified atom stereocenters. The van der Waals surface area contributed by atoms with Crippen LogP contribution < -0.4 is 11.4 Å². The standard InChI is InChI=1S/C10H10N4O2/c1-3-5-6-7(11-4-2)8-12-9(15)14-10(16)13-8/h3-6H,1-2H2,(H2,12,13,14,15,16)/b6-5-,11-7?. The Balaban J connectivity index is 3.31. The minimum Gasteiger partial charge on any atom is -0.290 e. The van der Waals surface area contributed by atoms with Crippen LogP contribution in [0.2, 0.25) is 0 Å². The molecule has 82 valence electrons. The molecule has 16 heavy (non-hydrogen) atoms. The molecule has 0 radical (unpaired) electrons. The summed E-state index contributed by atoms with van der Waals surface area (Å²) in [6.07, 6.45) is 5.96. The van der Waals surface area contributed by atoms with Gasteiger partial charge in [-0.3, -0.25) is 15.0 Å². The van der Waals surface area contributed by atoms with Crippen LogP contribution in [0.15, 0.2) is 52.2 Å². The summed E-state index contributed by atoms with van der Waals surface area (Å²) in [7, 11) is 0. The van der Waals surface area contributed by atoms with Gasteiger partial charge in [0.15, 0.2) is 5.82 Å². The molecule has 0 aliphatic rings. The fourth-order valence-electron chi connectivity index (χ4n) is 0.955. The molecular formula is C10H10N4O2. The van der Waals surface area contributed by atoms with Gasteiger partial charge < -0.3 is 0 Å². The summed E-state index contributed by atoms with van der Waals surface area (Å²) in [5, 5.41) is 0. The van der Waals surface area contributed by atoms with Crippen LogP contribution in [0, 0.1) is 0 Å². The molecule has 2 N–H and O–H groups in total. The van der Waals surface area contributed by atoms with Crippen LogP contribution in [0.1, 0.15) is 5.82 Å². The van der Waals surface area contributed by atoms with Gasteiger partial charge in [0, 0.05) is 6.20 Å². The van der Waals surface area contributed by atoms with Gasteiger partial charge in [0.1, 0.15) is 5.71 Å². The van der Waals surface area contributed by atoms with Gasteiger partial charge in [-0.05, 0) is 6.08 Å². The van der Waals surface area contributed by atoms with Crippen molar-refractivity contribution in [1.29, 1.82) is 0 Å². The van der Waals surface area contributed by atoms with Crippen LogP contribution >= 0.6 is 0 Å². The number of nitrogens with one attached hydrogen (secondary N) is 2. The first-order valence-electron chi connectivity index (χ1n) is 4.36. The average Bonchev–Trinajstić information content (AvgIpc) is 2.22. The maximum atomic E-state index is 11.0. The van der Waals surface area contributed by atoms with Crippen molar-refractivity contribution in [2.75, 3.05) is 0 Å². The Bertz CT molecular complexity index is 534. The van der Waals surface area contributed by atoms with E-state index in [-0.39, 0.29) is 5.82 Å². The SMILES string of the molecule is C=C/C=C\C(=NC=C)c1nc(=O)[nH]c(=O)[nH]1. The largest absolute Gasteiger partial charge is 0.351 e. The molecule has 6 nitrogen and oxygen atoms in total. The van der Waals surface area contributed by atoms with Crippen molar-refractivity contribution in [3.8, 4) is 0 Å². The Morgan fingerprint density at radius 1 is 1.31 bits per heavy atom. The highest BCUT2D eigenvalue weighted by molar-refractivity contribution is 6.06. The summed E-state index contributed by atoms with van der Waals surface area (Å²) in [6, 6.07) is 0. The minimum absolute atomic E-state index is 0.0757. The lowest BCUT2D eigenvalue weighted by atomic mass is 10.3. The molecule has 0 aromatic carbocycles. The van der Waals surface area contributed by atoms with E-state index in [0.717, 1.165) is 0 Å². The molecule has 0 aliphatic heterocycles. The number of allylic oxidation sites excluding steroid dienone is 3. The van der Waals surface area contributed by atoms with E-state index < -0.39 is 11.4 Å². The number of hydrogen-bond donors (Lipinski definition) is 2. The van der Waals surface area contributed by atoms with Crippen LogP contribution in [-0.4, -0.2) is 20.7 Å². The molecular weight excluding hydrogens is 208 g/mol. The first kappa shape index (κ1) is 11.6. The fourth-order valence-corrected chi connectivity index (χ4v) is 0.955. The zero-order chi connectivity index (χ0) is 12.0. The number of aromatic amines is 2. The quantitative estimate of drug-likeness (QED) is 0.556. The van der Waals surface area contributed by atoms with E-state index in [0.29, 0.717) is 5.71 Å². The smallest absolute Gasteiger partial charge is 0.290 e. The summed E-state index contributed by atoms with van der Waals surface area (Å²) < 4.78 is 0. The van der Waals surface area contributed by atoms with Gasteiger partial charge in [-0.25, -0.2) is 9.59 Å². The van der Waals surface area contributed by atoms with Crippen LogP contribution in [0.25, 0.3) is 0 Å². The maximum Gasteiger partial charge on any atom is 0.351 e. The highest BCUT2D eigenvalue weighted by atomic mass is 16.2. The summed E-state index contributed by atoms with van der Waals surface area (Å²) in [4.78, 5) is 33.8. The van der Waals surface area contributed by atoms with Crippen LogP contribution in [0.4, 0.5) is 0 Å². The zero-order valence-electron chi connectivity index (χ0n) is 8.43. The van der Waals surface area contributed by atoms with Gasteiger partial charge in [0.2, 0.25) is 0 Å². The lowest BCUT2D eigenvalue weighted by Crippen LogP contribution is -2.28. The maximum absolute atomic E-state index is 11.0. The number of H-pyrrole nitrogens is 2. The number of aromatic nitrogens is 3. The van der Waals surface area contributed by atoms with Gasteiger partial charge in [0.25, 0.3) is 0 Å². The summed E-state index contributed by atoms with van der Waals surface area (Å²) in [5.74, 6) is 0.0757. The number of rotatable bonds is 4. The van der Waals surface area contributed by atoms with Gasteiger partial charge in [-0.2, -0.15) is 4.98 Å². The zero-order valence-corrected chi connectivity index (χ0v) is 8.43. The lowest BCUT2D eigenvalue weighted by molar-refractivity contribution is 0.919. The molecule has 0 fully saturated rings. The fraction of sp³-hybridized carbons (Fsp3) is 0. The Hall–Kier alpha value is -2.50. The molecule has 0 amide bonds. The van der Waals surface area contributed by atoms with Gasteiger partial charge in [0.05, 0.1) is 0 Å². The molecule has 1 aromatic rings. The van der Waals surface area contributed by atoms with Gasteiger partial charge >= 0.3 is 11.4 Å². The molecule has 6 heteroatoms. The predicted octanol–water partition coefficient (Wildman–Crippen LogP) is 0.133. The Kier molecular flexibility index (Phi) is 3.90. The normalized spacial score (nSPS) is 11.6. The predicted molar refractivity (Wildman–Crippen MR) is 61.5 cm³/mol. The van der Waals surface area contributed by atoms with Crippen molar-refractivity contribution in [3.63, 3.8) is 0 Å². The molecule has 0 spiro atoms. The first-order chi connectivity index (χ1) is 7.67. The van der Waals surface area contributed by atoms with E-state index in [9.17, 15) is 9.59 Å². The Labute approximate surface area is 90.8 Å². The van der Waals surface area contributed by atoms with Crippen molar-refractivity contribution in [2.45, 2.75) is 0 Å². The monoisotopic (exact) mass is 218 g/mol. The summed E-state index contributed by atoms with van der Waals surface area (Å²) in [5.41, 5.74) is -1.06. The summed E-state index contributed by atoms with van der Waals surface area (Å²) in [6.45, 7) is 6.92. The van der Waals surface area contributed by atoms with Gasteiger partial charge in [-0.1, -0.05) is 25.3 Å². The number of aliphatic imine (C=N–C) groups is 1. The molecule has 0 bridgehead atoms. The van der Waals surface area contributed by atoms with E-state index >= 15 is 0 Å². The third-order valence-corrected chi connectivity index (χ3v) is 1.53. The minimum atomic E-state index is -0.734. The van der Waals surface area contributed by atoms with Gasteiger partial charge in [-0.15, -0.1) is 0 Å². The highest BCUT2D eigenvalue weighted by Crippen LogP contribution is 1.92. The third kappa shape index (κ3) is 3.02. The van der Waals surface area contributed by atoms with E-state index in [1.54, 1.807) is 12.2 Å². The van der Waals surface area contributed by atoms with Crippen molar-refractivity contribution in [1.82, 2.24) is 15.0 Å². The number of hydrogen-bond acceptors (Lipinski definition) is 4. The second-order valence-corrected chi connectivity index (χ2v) is 2.64. The summed E-state index contributed by atoms with van der Waals surface area (Å²) >= 11 is 0. The van der Waals surface area contributed by atoms with Crippen molar-refractivity contribution in [2.24, 2.45) is 4.99 Å². The Morgan fingerprint density at radius 3 is 2.62 bits per heavy atom. The molecule has 1 aromatic heterocycles. The van der Waals surface area contributed by atoms with Crippen molar-refractivity contribution >= 4 is 5.71 Å². The van der Waals surface area contributed by atoms with Crippen molar-refractivity contribution in [3.05, 3.63) is 64.4 Å². The van der Waals surface area contributed by atoms with Crippen molar-refractivity contribution < 1.29 is 0 Å². The van der Waals surface area contributed by atoms with E-state index in [1.165, 1.54) is 12.3 Å². The Morgan fingerprint density at radius 2 is 2.06 bits per heavy atom. The van der Waals surface area contributed by atoms with Crippen LogP contribution in [0.5, 0.6) is 0 Å². The topological polar surface area (TPSA) is 91.0 Å². The van der Waals surface area contributed by atoms with E-state index in [1.807, 2.05) is 4.98 Å². The first-order valence-corrected chi connectivity index (χ1v) is 4.36. The second-order valence-electron chi connectivity index (χ2n) is 2.64. The number of nitrogens with zero attached hydrogens (tertiary/aromatic N) is 2.